The Labute approximate surface area is 262 Å². The average Bonchev–Trinajstić information content (AvgIpc) is 3.75. The third-order valence-electron chi connectivity index (χ3n) is 10.1. The zero-order valence-electron chi connectivity index (χ0n) is 24.6. The summed E-state index contributed by atoms with van der Waals surface area (Å²) in [5.74, 6) is 1.47. The van der Waals surface area contributed by atoms with Gasteiger partial charge in [0.05, 0.1) is 17.1 Å². The lowest BCUT2D eigenvalue weighted by atomic mass is 9.85. The molecule has 0 saturated carbocycles. The van der Waals surface area contributed by atoms with Gasteiger partial charge in [0.25, 0.3) is 0 Å². The third-order valence-corrected chi connectivity index (χ3v) is 10.1. The first kappa shape index (κ1) is 24.9. The fraction of sp³-hybridized carbons (Fsp3) is 0.0952. The molecule has 0 N–H and O–H groups in total. The Balaban J connectivity index is 1.05. The van der Waals surface area contributed by atoms with Crippen molar-refractivity contribution in [1.29, 1.82) is 0 Å². The Morgan fingerprint density at radius 1 is 0.578 bits per heavy atom. The molecule has 3 nitrogen and oxygen atoms in total. The van der Waals surface area contributed by atoms with Crippen LogP contribution >= 0.6 is 0 Å². The predicted molar refractivity (Wildman–Crippen MR) is 185 cm³/mol. The SMILES string of the molecule is C1=CC2c3cc(C4=CC5c6cc(-n7c8ccccc8c8ccccc87)ccc6OC5C=C4)ccc3N(c3ccccc3)C2C=C1. The van der Waals surface area contributed by atoms with Crippen LogP contribution in [0.2, 0.25) is 0 Å². The maximum absolute atomic E-state index is 6.49. The van der Waals surface area contributed by atoms with Crippen LogP contribution in [0.3, 0.4) is 0 Å². The summed E-state index contributed by atoms with van der Waals surface area (Å²) in [4.78, 5) is 2.49. The first-order valence-corrected chi connectivity index (χ1v) is 15.8. The molecule has 3 heteroatoms. The van der Waals surface area contributed by atoms with E-state index in [1.165, 1.54) is 61.1 Å². The molecule has 0 spiro atoms. The van der Waals surface area contributed by atoms with Gasteiger partial charge in [0.2, 0.25) is 0 Å². The maximum Gasteiger partial charge on any atom is 0.128 e. The minimum Gasteiger partial charge on any atom is -0.485 e. The quantitative estimate of drug-likeness (QED) is 0.208. The van der Waals surface area contributed by atoms with Crippen LogP contribution in [0.5, 0.6) is 5.75 Å². The van der Waals surface area contributed by atoms with Crippen LogP contribution in [-0.2, 0) is 0 Å². The van der Waals surface area contributed by atoms with Crippen molar-refractivity contribution < 1.29 is 4.74 Å². The second-order valence-electron chi connectivity index (χ2n) is 12.4. The molecule has 3 heterocycles. The van der Waals surface area contributed by atoms with Gasteiger partial charge in [0.1, 0.15) is 11.9 Å². The van der Waals surface area contributed by atoms with E-state index in [4.69, 9.17) is 4.74 Å². The van der Waals surface area contributed by atoms with Gasteiger partial charge in [0.15, 0.2) is 0 Å². The van der Waals surface area contributed by atoms with Crippen LogP contribution in [0.4, 0.5) is 11.4 Å². The second kappa shape index (κ2) is 9.48. The molecule has 6 aromatic rings. The van der Waals surface area contributed by atoms with Crippen molar-refractivity contribution in [1.82, 2.24) is 4.57 Å². The van der Waals surface area contributed by atoms with E-state index in [-0.39, 0.29) is 18.1 Å². The molecular weight excluding hydrogens is 548 g/mol. The summed E-state index contributed by atoms with van der Waals surface area (Å²) in [5, 5.41) is 2.55. The lowest BCUT2D eigenvalue weighted by Gasteiger charge is -2.28. The normalized spacial score (nSPS) is 22.2. The van der Waals surface area contributed by atoms with E-state index in [2.05, 4.69) is 167 Å². The van der Waals surface area contributed by atoms with Crippen molar-refractivity contribution in [2.45, 2.75) is 24.0 Å². The predicted octanol–water partition coefficient (Wildman–Crippen LogP) is 10.0. The highest BCUT2D eigenvalue weighted by atomic mass is 16.5. The van der Waals surface area contributed by atoms with Gasteiger partial charge >= 0.3 is 0 Å². The number of hydrogen-bond donors (Lipinski definition) is 0. The van der Waals surface area contributed by atoms with E-state index in [1.54, 1.807) is 0 Å². The summed E-state index contributed by atoms with van der Waals surface area (Å²) in [5.41, 5.74) is 11.3. The van der Waals surface area contributed by atoms with Crippen LogP contribution in [-0.4, -0.2) is 16.7 Å². The van der Waals surface area contributed by atoms with Crippen molar-refractivity contribution in [3.63, 3.8) is 0 Å². The summed E-state index contributed by atoms with van der Waals surface area (Å²) < 4.78 is 8.88. The van der Waals surface area contributed by atoms with Crippen molar-refractivity contribution in [2.24, 2.45) is 0 Å². The minimum absolute atomic E-state index is 0.0101. The van der Waals surface area contributed by atoms with Gasteiger partial charge in [-0.15, -0.1) is 0 Å². The van der Waals surface area contributed by atoms with Gasteiger partial charge in [-0.2, -0.15) is 0 Å². The molecule has 0 fully saturated rings. The summed E-state index contributed by atoms with van der Waals surface area (Å²) in [6.45, 7) is 0. The molecule has 45 heavy (non-hydrogen) atoms. The molecule has 4 aliphatic rings. The van der Waals surface area contributed by atoms with Crippen LogP contribution in [0.1, 0.15) is 28.5 Å². The van der Waals surface area contributed by atoms with Crippen molar-refractivity contribution >= 4 is 38.8 Å². The molecular formula is C42H30N2O. The topological polar surface area (TPSA) is 17.4 Å². The molecule has 0 radical (unpaired) electrons. The molecule has 214 valence electrons. The first-order chi connectivity index (χ1) is 22.3. The van der Waals surface area contributed by atoms with E-state index in [1.807, 2.05) is 0 Å². The number of nitrogens with zero attached hydrogens (tertiary/aromatic N) is 2. The van der Waals surface area contributed by atoms with Crippen LogP contribution in [0.15, 0.2) is 158 Å². The first-order valence-electron chi connectivity index (χ1n) is 15.8. The fourth-order valence-electron chi connectivity index (χ4n) is 8.03. The molecule has 2 aliphatic heterocycles. The molecule has 4 atom stereocenters. The Kier molecular flexibility index (Phi) is 5.23. The largest absolute Gasteiger partial charge is 0.485 e. The molecule has 1 aromatic heterocycles. The van der Waals surface area contributed by atoms with Crippen LogP contribution in [0, 0.1) is 0 Å². The molecule has 2 aliphatic carbocycles. The summed E-state index contributed by atoms with van der Waals surface area (Å²) in [6.07, 6.45) is 16.0. The number of rotatable bonds is 3. The number of hydrogen-bond acceptors (Lipinski definition) is 2. The van der Waals surface area contributed by atoms with Gasteiger partial charge in [-0.3, -0.25) is 0 Å². The summed E-state index contributed by atoms with van der Waals surface area (Å²) in [7, 11) is 0. The highest BCUT2D eigenvalue weighted by molar-refractivity contribution is 6.09. The number of fused-ring (bicyclic) bond motifs is 9. The highest BCUT2D eigenvalue weighted by Crippen LogP contribution is 2.50. The van der Waals surface area contributed by atoms with E-state index < -0.39 is 0 Å². The van der Waals surface area contributed by atoms with Gasteiger partial charge < -0.3 is 14.2 Å². The van der Waals surface area contributed by atoms with Gasteiger partial charge in [-0.25, -0.2) is 0 Å². The van der Waals surface area contributed by atoms with Gasteiger partial charge in [-0.05, 0) is 77.4 Å². The zero-order chi connectivity index (χ0) is 29.5. The number of allylic oxidation sites excluding steroid dienone is 4. The number of benzene rings is 5. The summed E-state index contributed by atoms with van der Waals surface area (Å²) in [6, 6.07) is 42.2. The number of anilines is 2. The number of para-hydroxylation sites is 3. The van der Waals surface area contributed by atoms with Gasteiger partial charge in [0, 0.05) is 45.2 Å². The number of ether oxygens (including phenoxy) is 1. The lowest BCUT2D eigenvalue weighted by molar-refractivity contribution is 0.269. The Morgan fingerprint density at radius 2 is 1.33 bits per heavy atom. The zero-order valence-corrected chi connectivity index (χ0v) is 24.6. The van der Waals surface area contributed by atoms with Crippen molar-refractivity contribution in [3.8, 4) is 11.4 Å². The molecule has 5 aromatic carbocycles. The fourth-order valence-corrected chi connectivity index (χ4v) is 8.03. The third kappa shape index (κ3) is 3.64. The van der Waals surface area contributed by atoms with Gasteiger partial charge in [-0.1, -0.05) is 97.1 Å². The Morgan fingerprint density at radius 3 is 2.16 bits per heavy atom. The van der Waals surface area contributed by atoms with E-state index in [0.29, 0.717) is 5.92 Å². The Bertz CT molecular complexity index is 2230. The number of aromatic nitrogens is 1. The van der Waals surface area contributed by atoms with Crippen molar-refractivity contribution in [3.05, 3.63) is 174 Å². The monoisotopic (exact) mass is 578 g/mol. The van der Waals surface area contributed by atoms with E-state index in [9.17, 15) is 0 Å². The molecule has 0 amide bonds. The maximum atomic E-state index is 6.49. The highest BCUT2D eigenvalue weighted by Gasteiger charge is 2.38. The average molecular weight is 579 g/mol. The van der Waals surface area contributed by atoms with Crippen molar-refractivity contribution in [2.75, 3.05) is 4.90 Å². The van der Waals surface area contributed by atoms with E-state index in [0.717, 1.165) is 5.75 Å². The second-order valence-corrected chi connectivity index (χ2v) is 12.4. The summed E-state index contributed by atoms with van der Waals surface area (Å²) >= 11 is 0. The molecule has 0 bridgehead atoms. The molecule has 4 unspecified atom stereocenters. The van der Waals surface area contributed by atoms with Crippen LogP contribution in [0.25, 0.3) is 33.1 Å². The standard InChI is InChI=1S/C42H30N2O/c1-2-10-29(11-3-1)43-39-17-9-6-14-33(39)34-24-27(18-21-40(34)43)28-19-22-41-35(25-28)36-26-30(20-23-42(36)45-41)44-37-15-7-4-12-31(37)32-13-5-8-16-38(32)44/h1-26,33,35,39,41H. The molecule has 10 rings (SSSR count). The minimum atomic E-state index is 0.0101. The smallest absolute Gasteiger partial charge is 0.128 e. The Hall–Kier alpha value is -5.54. The van der Waals surface area contributed by atoms with Crippen LogP contribution < -0.4 is 9.64 Å². The van der Waals surface area contributed by atoms with E-state index >= 15 is 0 Å². The molecule has 0 saturated heterocycles. The lowest BCUT2D eigenvalue weighted by Crippen LogP contribution is -2.28.